The van der Waals surface area contributed by atoms with E-state index in [9.17, 15) is 27.1 Å². The molecule has 2 nitrogen and oxygen atoms in total. The summed E-state index contributed by atoms with van der Waals surface area (Å²) in [7, 11) is 0. The summed E-state index contributed by atoms with van der Waals surface area (Å²) in [4.78, 5) is 2.02. The minimum Gasteiger partial charge on any atom is -0.872 e. The Labute approximate surface area is 128 Å². The first-order chi connectivity index (χ1) is 9.38. The average molecular weight is 294 g/mol. The molecule has 0 radical (unpaired) electrons. The van der Waals surface area contributed by atoms with Crippen LogP contribution in [0.3, 0.4) is 0 Å². The van der Waals surface area contributed by atoms with Crippen LogP contribution in [0, 0.1) is 29.1 Å². The quantitative estimate of drug-likeness (QED) is 0.400. The van der Waals surface area contributed by atoms with E-state index in [1.807, 2.05) is 4.99 Å². The zero-order chi connectivity index (χ0) is 14.9. The van der Waals surface area contributed by atoms with Gasteiger partial charge < -0.3 is 5.11 Å². The third-order valence-corrected chi connectivity index (χ3v) is 2.42. The summed E-state index contributed by atoms with van der Waals surface area (Å²) < 4.78 is 65.3. The van der Waals surface area contributed by atoms with Gasteiger partial charge in [0.15, 0.2) is 17.8 Å². The monoisotopic (exact) mass is 294 g/mol. The van der Waals surface area contributed by atoms with Crippen molar-refractivity contribution in [3.05, 3.63) is 58.9 Å². The predicted molar refractivity (Wildman–Crippen MR) is 57.9 cm³/mol. The molecule has 0 aliphatic rings. The molecule has 0 fully saturated rings. The molecule has 0 aliphatic carbocycles. The zero-order valence-corrected chi connectivity index (χ0v) is 10.7. The number of rotatable bonds is 2. The largest absolute Gasteiger partial charge is 1.00 e. The topological polar surface area (TPSA) is 37.0 Å². The van der Waals surface area contributed by atoms with E-state index in [2.05, 4.69) is 0 Å². The van der Waals surface area contributed by atoms with Crippen molar-refractivity contribution in [1.82, 2.24) is 0 Å². The first-order valence-electron chi connectivity index (χ1n) is 5.29. The Kier molecular flexibility index (Phi) is 5.52. The van der Waals surface area contributed by atoms with Gasteiger partial charge in [0.2, 0.25) is 0 Å². The van der Waals surface area contributed by atoms with Crippen LogP contribution in [0.5, 0.6) is 5.75 Å². The van der Waals surface area contributed by atoms with Gasteiger partial charge in [0.05, 0.1) is 5.56 Å². The van der Waals surface area contributed by atoms with E-state index in [0.29, 0.717) is 30.5 Å². The summed E-state index contributed by atoms with van der Waals surface area (Å²) in [6.07, 6.45) is 0.677. The van der Waals surface area contributed by atoms with Crippen LogP contribution in [-0.2, 0) is 0 Å². The zero-order valence-electron chi connectivity index (χ0n) is 10.7. The van der Waals surface area contributed by atoms with Crippen molar-refractivity contribution in [2.75, 3.05) is 0 Å². The standard InChI is InChI=1S/C13H6F5NO.Li/c14-6-2-10(17)13(11(18)3-6)19-5-8-9(16)1-7(15)4-12(8)20;/h1-5,20H;/q;+1. The molecule has 2 aromatic rings. The molecule has 0 saturated heterocycles. The predicted octanol–water partition coefficient (Wildman–Crippen LogP) is -1.71. The Morgan fingerprint density at radius 2 is 1.29 bits per heavy atom. The second kappa shape index (κ2) is 6.74. The molecule has 0 amide bonds. The Bertz CT molecular complexity index is 599. The van der Waals surface area contributed by atoms with Crippen molar-refractivity contribution >= 4 is 11.9 Å². The first kappa shape index (κ1) is 17.2. The van der Waals surface area contributed by atoms with Gasteiger partial charge in [-0.1, -0.05) is 5.75 Å². The average Bonchev–Trinajstić information content (AvgIpc) is 2.30. The van der Waals surface area contributed by atoms with Crippen LogP contribution in [0.1, 0.15) is 5.56 Å². The van der Waals surface area contributed by atoms with E-state index < -0.39 is 46.1 Å². The van der Waals surface area contributed by atoms with Crippen LogP contribution in [0.15, 0.2) is 24.3 Å². The molecule has 21 heavy (non-hydrogen) atoms. The van der Waals surface area contributed by atoms with Gasteiger partial charge >= 0.3 is 18.9 Å². The van der Waals surface area contributed by atoms with Crippen LogP contribution in [0.25, 0.3) is 0 Å². The maximum absolute atomic E-state index is 13.3. The van der Waals surface area contributed by atoms with Gasteiger partial charge in [0, 0.05) is 18.2 Å². The summed E-state index contributed by atoms with van der Waals surface area (Å²) in [5.41, 5.74) is -1.36. The van der Waals surface area contributed by atoms with E-state index in [1.165, 1.54) is 0 Å². The van der Waals surface area contributed by atoms with Crippen molar-refractivity contribution in [1.29, 1.82) is 0 Å². The number of nitrogens with one attached hydrogen (secondary N) is 1. The van der Waals surface area contributed by atoms with E-state index >= 15 is 0 Å². The summed E-state index contributed by atoms with van der Waals surface area (Å²) >= 11 is 0. The summed E-state index contributed by atoms with van der Waals surface area (Å²) in [5, 5.41) is 11.3. The van der Waals surface area contributed by atoms with Gasteiger partial charge in [0.25, 0.3) is 5.69 Å². The van der Waals surface area contributed by atoms with Crippen molar-refractivity contribution in [2.45, 2.75) is 0 Å². The van der Waals surface area contributed by atoms with E-state index in [0.717, 1.165) is 0 Å². The van der Waals surface area contributed by atoms with Crippen LogP contribution < -0.4 is 29.0 Å². The van der Waals surface area contributed by atoms with Gasteiger partial charge in [-0.25, -0.2) is 18.2 Å². The fourth-order valence-electron chi connectivity index (χ4n) is 1.53. The summed E-state index contributed by atoms with van der Waals surface area (Å²) in [5.74, 6) is -6.89. The van der Waals surface area contributed by atoms with Crippen molar-refractivity contribution in [2.24, 2.45) is 0 Å². The van der Waals surface area contributed by atoms with Crippen LogP contribution in [0.4, 0.5) is 27.6 Å². The Morgan fingerprint density at radius 3 is 1.81 bits per heavy atom. The van der Waals surface area contributed by atoms with Crippen LogP contribution in [0.2, 0.25) is 0 Å². The molecule has 1 N–H and O–H groups in total. The number of hydrogen-bond acceptors (Lipinski definition) is 1. The molecule has 0 aromatic heterocycles. The molecule has 0 saturated carbocycles. The smallest absolute Gasteiger partial charge is 0.872 e. The van der Waals surface area contributed by atoms with Gasteiger partial charge in [-0.05, 0) is 6.07 Å². The fraction of sp³-hybridized carbons (Fsp3) is 0. The molecule has 104 valence electrons. The molecular formula is C13H6F5LiNO+. The van der Waals surface area contributed by atoms with Gasteiger partial charge in [-0.2, -0.15) is 8.78 Å². The van der Waals surface area contributed by atoms with E-state index in [4.69, 9.17) is 0 Å². The van der Waals surface area contributed by atoms with Crippen molar-refractivity contribution < 1.29 is 50.9 Å². The van der Waals surface area contributed by atoms with E-state index in [-0.39, 0.29) is 18.9 Å². The molecule has 0 bridgehead atoms. The molecule has 0 heterocycles. The van der Waals surface area contributed by atoms with Crippen molar-refractivity contribution in [3.63, 3.8) is 0 Å². The molecule has 0 aliphatic heterocycles. The van der Waals surface area contributed by atoms with Crippen molar-refractivity contribution in [3.8, 4) is 5.75 Å². The van der Waals surface area contributed by atoms with Gasteiger partial charge in [-0.15, -0.1) is 0 Å². The molecule has 0 unspecified atom stereocenters. The molecular weight excluding hydrogens is 288 g/mol. The second-order valence-electron chi connectivity index (χ2n) is 3.83. The maximum atomic E-state index is 13.3. The molecule has 0 spiro atoms. The molecule has 8 heteroatoms. The maximum Gasteiger partial charge on any atom is 1.00 e. The third-order valence-electron chi connectivity index (χ3n) is 2.42. The number of benzene rings is 2. The summed E-state index contributed by atoms with van der Waals surface area (Å²) in [6.45, 7) is 0. The third kappa shape index (κ3) is 3.83. The number of halogens is 5. The Balaban J connectivity index is 0.00000220. The van der Waals surface area contributed by atoms with Crippen LogP contribution >= 0.6 is 0 Å². The van der Waals surface area contributed by atoms with Gasteiger partial charge in [-0.3, -0.25) is 0 Å². The second-order valence-corrected chi connectivity index (χ2v) is 3.83. The first-order valence-corrected chi connectivity index (χ1v) is 5.29. The normalized spacial score (nSPS) is 10.7. The minimum absolute atomic E-state index is 0. The fourth-order valence-corrected chi connectivity index (χ4v) is 1.53. The molecule has 2 aromatic carbocycles. The van der Waals surface area contributed by atoms with Crippen LogP contribution in [-0.4, -0.2) is 6.21 Å². The Hall–Kier alpha value is -1.84. The molecule has 0 atom stereocenters. The van der Waals surface area contributed by atoms with E-state index in [1.54, 1.807) is 0 Å². The SMILES string of the molecule is [Li+].[O-]c1cc(F)cc(F)c1C=[NH+]c1c(F)cc(F)cc1F. The molecule has 2 rings (SSSR count). The summed E-state index contributed by atoms with van der Waals surface area (Å²) in [6, 6.07) is 1.80. The Morgan fingerprint density at radius 1 is 0.810 bits per heavy atom. The number of hydrogen-bond donors (Lipinski definition) is 1. The minimum atomic E-state index is -1.26. The van der Waals surface area contributed by atoms with Gasteiger partial charge in [0.1, 0.15) is 17.5 Å².